The highest BCUT2D eigenvalue weighted by atomic mass is 35.5. The molecule has 1 atom stereocenters. The fourth-order valence-electron chi connectivity index (χ4n) is 4.02. The molecule has 29 heavy (non-hydrogen) atoms. The van der Waals surface area contributed by atoms with Gasteiger partial charge in [-0.2, -0.15) is 0 Å². The molecule has 2 heterocycles. The predicted molar refractivity (Wildman–Crippen MR) is 114 cm³/mol. The molecule has 5 N–H and O–H groups in total. The number of carboxylic acids is 1. The van der Waals surface area contributed by atoms with Crippen molar-refractivity contribution in [2.45, 2.75) is 32.9 Å². The third-order valence-electron chi connectivity index (χ3n) is 5.46. The molecule has 152 valence electrons. The van der Waals surface area contributed by atoms with Gasteiger partial charge in [0.2, 0.25) is 5.91 Å². The maximum absolute atomic E-state index is 12.6. The molecule has 1 aliphatic heterocycles. The maximum atomic E-state index is 12.6. The summed E-state index contributed by atoms with van der Waals surface area (Å²) in [7, 11) is 0. The fraction of sp³-hybridized carbons (Fsp3) is 0.238. The molecule has 0 saturated heterocycles. The smallest absolute Gasteiger partial charge is 0.305 e. The predicted octanol–water partition coefficient (Wildman–Crippen LogP) is 3.18. The number of aryl methyl sites for hydroxylation is 2. The number of phenolic OH excluding ortho intramolecular Hbond substituents is 1. The summed E-state index contributed by atoms with van der Waals surface area (Å²) in [5.74, 6) is -1.33. The van der Waals surface area contributed by atoms with Crippen molar-refractivity contribution in [3.8, 4) is 5.75 Å². The number of fused-ring (bicyclic) bond motifs is 4. The minimum Gasteiger partial charge on any atom is -0.508 e. The van der Waals surface area contributed by atoms with Gasteiger partial charge in [0, 0.05) is 22.5 Å². The lowest BCUT2D eigenvalue weighted by atomic mass is 9.90. The van der Waals surface area contributed by atoms with Crippen LogP contribution < -0.4 is 5.73 Å². The minimum atomic E-state index is -1.10. The van der Waals surface area contributed by atoms with Gasteiger partial charge < -0.3 is 25.8 Å². The summed E-state index contributed by atoms with van der Waals surface area (Å²) >= 11 is 0. The molecular formula is C21H22ClN3O4. The van der Waals surface area contributed by atoms with Crippen LogP contribution in [0.2, 0.25) is 0 Å². The molecule has 0 spiro atoms. The maximum Gasteiger partial charge on any atom is 0.305 e. The molecule has 4 rings (SSSR count). The number of hydrogen-bond acceptors (Lipinski definition) is 4. The van der Waals surface area contributed by atoms with E-state index in [1.165, 1.54) is 4.90 Å². The van der Waals surface area contributed by atoms with Crippen LogP contribution in [-0.4, -0.2) is 38.0 Å². The fourth-order valence-corrected chi connectivity index (χ4v) is 4.02. The first-order chi connectivity index (χ1) is 13.3. The molecule has 0 aliphatic carbocycles. The van der Waals surface area contributed by atoms with E-state index in [0.717, 1.165) is 44.1 Å². The number of rotatable bonds is 3. The second-order valence-electron chi connectivity index (χ2n) is 7.23. The van der Waals surface area contributed by atoms with Gasteiger partial charge in [-0.3, -0.25) is 9.59 Å². The number of aromatic amines is 1. The van der Waals surface area contributed by atoms with Crippen molar-refractivity contribution < 1.29 is 19.8 Å². The highest BCUT2D eigenvalue weighted by Gasteiger charge is 2.27. The van der Waals surface area contributed by atoms with Gasteiger partial charge in [0.05, 0.1) is 24.5 Å². The Bertz CT molecular complexity index is 1180. The van der Waals surface area contributed by atoms with Crippen LogP contribution in [0.15, 0.2) is 24.4 Å². The summed E-state index contributed by atoms with van der Waals surface area (Å²) in [6.07, 6.45) is 3.13. The Kier molecular flexibility index (Phi) is 5.30. The summed E-state index contributed by atoms with van der Waals surface area (Å²) in [5.41, 5.74) is 11.8. The van der Waals surface area contributed by atoms with Crippen LogP contribution in [-0.2, 0) is 16.1 Å². The summed E-state index contributed by atoms with van der Waals surface area (Å²) in [4.78, 5) is 28.3. The van der Waals surface area contributed by atoms with Crippen molar-refractivity contribution in [2.24, 2.45) is 5.73 Å². The molecule has 7 nitrogen and oxygen atoms in total. The first kappa shape index (κ1) is 20.7. The number of nitrogens with one attached hydrogen (secondary N) is 1. The third-order valence-corrected chi connectivity index (χ3v) is 5.46. The number of aromatic hydroxyl groups is 1. The summed E-state index contributed by atoms with van der Waals surface area (Å²) in [5, 5.41) is 20.7. The van der Waals surface area contributed by atoms with E-state index in [1.807, 2.05) is 26.0 Å². The van der Waals surface area contributed by atoms with E-state index in [0.29, 0.717) is 6.54 Å². The molecule has 1 amide bonds. The van der Waals surface area contributed by atoms with E-state index in [2.05, 4.69) is 4.98 Å². The van der Waals surface area contributed by atoms with Crippen LogP contribution in [0.25, 0.3) is 27.9 Å². The van der Waals surface area contributed by atoms with Crippen LogP contribution >= 0.6 is 12.4 Å². The number of aliphatic carboxylic acids is 1. The Morgan fingerprint density at radius 1 is 1.28 bits per heavy atom. The first-order valence-electron chi connectivity index (χ1n) is 9.00. The van der Waals surface area contributed by atoms with Gasteiger partial charge in [0.15, 0.2) is 0 Å². The largest absolute Gasteiger partial charge is 0.508 e. The number of hydrogen-bond donors (Lipinski definition) is 4. The average Bonchev–Trinajstić information content (AvgIpc) is 3.03. The molecule has 0 fully saturated rings. The van der Waals surface area contributed by atoms with Gasteiger partial charge in [-0.1, -0.05) is 0 Å². The zero-order chi connectivity index (χ0) is 20.2. The number of carbonyl (C=O) groups excluding carboxylic acids is 1. The Hall–Kier alpha value is -3.03. The Morgan fingerprint density at radius 2 is 2.00 bits per heavy atom. The number of H-pyrrole nitrogens is 1. The number of nitrogens with two attached hydrogens (primary N) is 1. The van der Waals surface area contributed by atoms with Gasteiger partial charge in [0.1, 0.15) is 5.75 Å². The molecule has 0 saturated carbocycles. The molecular weight excluding hydrogens is 394 g/mol. The lowest BCUT2D eigenvalue weighted by molar-refractivity contribution is -0.141. The number of nitrogens with zero attached hydrogens (tertiary/aromatic N) is 1. The van der Waals surface area contributed by atoms with Crippen LogP contribution in [0.3, 0.4) is 0 Å². The number of amides is 1. The molecule has 8 heteroatoms. The lowest BCUT2D eigenvalue weighted by Gasteiger charge is -2.28. The molecule has 0 radical (unpaired) electrons. The number of aromatic nitrogens is 1. The Morgan fingerprint density at radius 3 is 2.69 bits per heavy atom. The highest BCUT2D eigenvalue weighted by molar-refractivity contribution is 6.11. The number of carbonyl (C=O) groups is 2. The monoisotopic (exact) mass is 415 g/mol. The van der Waals surface area contributed by atoms with E-state index >= 15 is 0 Å². The molecule has 2 aromatic carbocycles. The van der Waals surface area contributed by atoms with Crippen molar-refractivity contribution in [3.63, 3.8) is 0 Å². The highest BCUT2D eigenvalue weighted by Crippen LogP contribution is 2.38. The average molecular weight is 416 g/mol. The van der Waals surface area contributed by atoms with E-state index in [9.17, 15) is 14.7 Å². The second kappa shape index (κ2) is 7.42. The number of carboxylic acid groups (broad SMARTS) is 1. The van der Waals surface area contributed by atoms with Crippen molar-refractivity contribution in [2.75, 3.05) is 0 Å². The normalized spacial score (nSPS) is 14.0. The first-order valence-corrected chi connectivity index (χ1v) is 9.00. The van der Waals surface area contributed by atoms with E-state index in [-0.39, 0.29) is 18.2 Å². The molecule has 0 bridgehead atoms. The van der Waals surface area contributed by atoms with E-state index < -0.39 is 24.3 Å². The molecule has 3 aromatic rings. The lowest BCUT2D eigenvalue weighted by Crippen LogP contribution is -2.42. The number of benzene rings is 2. The van der Waals surface area contributed by atoms with Crippen LogP contribution in [0, 0.1) is 13.8 Å². The number of phenols is 1. The molecule has 1 aromatic heterocycles. The van der Waals surface area contributed by atoms with Gasteiger partial charge in [0.25, 0.3) is 0 Å². The van der Waals surface area contributed by atoms with E-state index in [4.69, 9.17) is 10.8 Å². The van der Waals surface area contributed by atoms with Gasteiger partial charge in [-0.15, -0.1) is 12.4 Å². The molecule has 1 aliphatic rings. The Balaban J connectivity index is 0.00000240. The van der Waals surface area contributed by atoms with Crippen molar-refractivity contribution >= 4 is 52.2 Å². The zero-order valence-corrected chi connectivity index (χ0v) is 16.8. The third kappa shape index (κ3) is 3.32. The van der Waals surface area contributed by atoms with E-state index in [1.54, 1.807) is 18.3 Å². The standard InChI is InChI=1S/C21H21N3O4.ClH/c1-10-15-9-24(21(28)16(22)8-18(26)27)6-5-13(15)11(2)20-19(10)14-7-12(25)3-4-17(14)23-20;/h3-7,16,23,25H,8-9,22H2,1-2H3,(H,26,27);1H/t16-;/m1./s1. The van der Waals surface area contributed by atoms with Crippen molar-refractivity contribution in [3.05, 3.63) is 46.7 Å². The van der Waals surface area contributed by atoms with Crippen LogP contribution in [0.5, 0.6) is 5.75 Å². The minimum absolute atomic E-state index is 0. The summed E-state index contributed by atoms with van der Waals surface area (Å²) in [6, 6.07) is 4.14. The summed E-state index contributed by atoms with van der Waals surface area (Å²) < 4.78 is 0. The van der Waals surface area contributed by atoms with Gasteiger partial charge >= 0.3 is 5.97 Å². The number of halogens is 1. The zero-order valence-electron chi connectivity index (χ0n) is 16.0. The van der Waals surface area contributed by atoms with Crippen molar-refractivity contribution in [1.29, 1.82) is 0 Å². The second-order valence-corrected chi connectivity index (χ2v) is 7.23. The topological polar surface area (TPSA) is 120 Å². The quantitative estimate of drug-likeness (QED) is 0.523. The summed E-state index contributed by atoms with van der Waals surface area (Å²) in [6.45, 7) is 4.34. The molecule has 0 unspecified atom stereocenters. The van der Waals surface area contributed by atoms with Gasteiger partial charge in [-0.25, -0.2) is 0 Å². The van der Waals surface area contributed by atoms with Gasteiger partial charge in [-0.05, 0) is 60.4 Å². The van der Waals surface area contributed by atoms with Crippen LogP contribution in [0.4, 0.5) is 0 Å². The van der Waals surface area contributed by atoms with Crippen molar-refractivity contribution in [1.82, 2.24) is 9.88 Å². The SMILES string of the molecule is Cc1c2c(c(C)c3c1[nH]c1ccc(O)cc13)CN(C(=O)[C@H](N)CC(=O)O)C=C2.Cl. The Labute approximate surface area is 173 Å². The van der Waals surface area contributed by atoms with Crippen LogP contribution in [0.1, 0.15) is 28.7 Å².